The summed E-state index contributed by atoms with van der Waals surface area (Å²) in [7, 11) is 0. The largest absolute Gasteiger partial charge is 0.343 e. The van der Waals surface area contributed by atoms with Gasteiger partial charge in [-0.2, -0.15) is 0 Å². The molecule has 0 aliphatic carbocycles. The normalized spacial score (nSPS) is 11.9. The number of aromatic nitrogens is 1. The summed E-state index contributed by atoms with van der Waals surface area (Å²) in [6.45, 7) is 2.98. The molecule has 1 rings (SSSR count). The van der Waals surface area contributed by atoms with E-state index in [-0.39, 0.29) is 16.9 Å². The summed E-state index contributed by atoms with van der Waals surface area (Å²) in [5, 5.41) is 2.48. The highest BCUT2D eigenvalue weighted by Gasteiger charge is 2.12. The number of H-pyrrole nitrogens is 1. The lowest BCUT2D eigenvalue weighted by atomic mass is 10.2. The van der Waals surface area contributed by atoms with Crippen molar-refractivity contribution in [2.45, 2.75) is 19.9 Å². The van der Waals surface area contributed by atoms with Gasteiger partial charge in [-0.25, -0.2) is 0 Å². The molecule has 0 bridgehead atoms. The number of ketones is 1. The number of nitrogens with one attached hydrogen (secondary N) is 2. The number of amides is 1. The van der Waals surface area contributed by atoms with Gasteiger partial charge in [0.05, 0.1) is 6.04 Å². The van der Waals surface area contributed by atoms with Crippen molar-refractivity contribution in [2.75, 3.05) is 0 Å². The molecule has 1 aromatic heterocycles. The minimum Gasteiger partial charge on any atom is -0.343 e. The molecule has 0 saturated carbocycles. The number of carbonyl (C=O) groups excluding carboxylic acids is 2. The summed E-state index contributed by atoms with van der Waals surface area (Å²) in [4.78, 5) is 35.7. The van der Waals surface area contributed by atoms with Crippen molar-refractivity contribution >= 4 is 11.7 Å². The third kappa shape index (κ3) is 3.05. The van der Waals surface area contributed by atoms with Gasteiger partial charge in [-0.3, -0.25) is 14.4 Å². The highest BCUT2D eigenvalue weighted by Crippen LogP contribution is 1.94. The van der Waals surface area contributed by atoms with Crippen LogP contribution in [0.3, 0.4) is 0 Å². The van der Waals surface area contributed by atoms with Gasteiger partial charge in [0.25, 0.3) is 5.91 Å². The van der Waals surface area contributed by atoms with Gasteiger partial charge in [-0.05, 0) is 19.9 Å². The van der Waals surface area contributed by atoms with Gasteiger partial charge in [0, 0.05) is 17.8 Å². The molecule has 5 heteroatoms. The Bertz CT molecular complexity index is 436. The highest BCUT2D eigenvalue weighted by molar-refractivity contribution is 5.97. The van der Waals surface area contributed by atoms with Gasteiger partial charge in [-0.15, -0.1) is 0 Å². The Hall–Kier alpha value is -1.91. The molecule has 2 N–H and O–H groups in total. The molecule has 0 aliphatic heterocycles. The Labute approximate surface area is 86.5 Å². The van der Waals surface area contributed by atoms with E-state index in [0.717, 1.165) is 0 Å². The van der Waals surface area contributed by atoms with Crippen molar-refractivity contribution in [1.82, 2.24) is 10.3 Å². The van der Waals surface area contributed by atoms with Crippen LogP contribution in [0.25, 0.3) is 0 Å². The summed E-state index contributed by atoms with van der Waals surface area (Å²) < 4.78 is 0. The topological polar surface area (TPSA) is 79.0 Å². The van der Waals surface area contributed by atoms with Crippen LogP contribution in [0, 0.1) is 0 Å². The molecule has 15 heavy (non-hydrogen) atoms. The number of Topliss-reactive ketones (excluding diaryl/α,β-unsaturated/α-hetero) is 1. The molecule has 1 unspecified atom stereocenters. The molecule has 1 aromatic rings. The quantitative estimate of drug-likeness (QED) is 0.738. The number of hydrogen-bond acceptors (Lipinski definition) is 3. The Morgan fingerprint density at radius 1 is 1.47 bits per heavy atom. The predicted octanol–water partition coefficient (Wildman–Crippen LogP) is 0.0822. The van der Waals surface area contributed by atoms with Crippen LogP contribution < -0.4 is 10.9 Å². The van der Waals surface area contributed by atoms with Gasteiger partial charge < -0.3 is 10.3 Å². The first-order valence-corrected chi connectivity index (χ1v) is 4.51. The second kappa shape index (κ2) is 4.54. The molecule has 0 radical (unpaired) electrons. The van der Waals surface area contributed by atoms with E-state index in [1.165, 1.54) is 25.3 Å². The fourth-order valence-electron chi connectivity index (χ4n) is 0.967. The Balaban J connectivity index is 2.78. The summed E-state index contributed by atoms with van der Waals surface area (Å²) in [6.07, 6.45) is 1.38. The SMILES string of the molecule is CC(=O)C(C)NC(=O)c1cc[nH]c(=O)c1. The molecule has 0 saturated heterocycles. The van der Waals surface area contributed by atoms with Crippen molar-refractivity contribution in [2.24, 2.45) is 0 Å². The van der Waals surface area contributed by atoms with E-state index < -0.39 is 11.9 Å². The molecular formula is C10H12N2O3. The zero-order chi connectivity index (χ0) is 11.4. The van der Waals surface area contributed by atoms with Gasteiger partial charge in [0.2, 0.25) is 5.56 Å². The first-order valence-electron chi connectivity index (χ1n) is 4.51. The lowest BCUT2D eigenvalue weighted by molar-refractivity contribution is -0.118. The maximum absolute atomic E-state index is 11.5. The standard InChI is InChI=1S/C10H12N2O3/c1-6(7(2)13)12-10(15)8-3-4-11-9(14)5-8/h3-6H,1-2H3,(H,11,14)(H,12,15). The molecule has 80 valence electrons. The highest BCUT2D eigenvalue weighted by atomic mass is 16.2. The van der Waals surface area contributed by atoms with E-state index in [4.69, 9.17) is 0 Å². The zero-order valence-electron chi connectivity index (χ0n) is 8.53. The Morgan fingerprint density at radius 3 is 2.67 bits per heavy atom. The van der Waals surface area contributed by atoms with Gasteiger partial charge in [0.15, 0.2) is 5.78 Å². The van der Waals surface area contributed by atoms with Gasteiger partial charge in [-0.1, -0.05) is 0 Å². The van der Waals surface area contributed by atoms with Crippen LogP contribution in [0.4, 0.5) is 0 Å². The van der Waals surface area contributed by atoms with Gasteiger partial charge in [0.1, 0.15) is 0 Å². The molecule has 0 spiro atoms. The van der Waals surface area contributed by atoms with Crippen LogP contribution >= 0.6 is 0 Å². The molecule has 1 heterocycles. The third-order valence-electron chi connectivity index (χ3n) is 1.99. The Kier molecular flexibility index (Phi) is 3.38. The van der Waals surface area contributed by atoms with Crippen LogP contribution in [-0.2, 0) is 4.79 Å². The van der Waals surface area contributed by atoms with Crippen molar-refractivity contribution in [3.63, 3.8) is 0 Å². The monoisotopic (exact) mass is 208 g/mol. The zero-order valence-corrected chi connectivity index (χ0v) is 8.53. The van der Waals surface area contributed by atoms with E-state index in [0.29, 0.717) is 0 Å². The van der Waals surface area contributed by atoms with E-state index in [1.807, 2.05) is 0 Å². The molecule has 0 aromatic carbocycles. The molecule has 1 atom stereocenters. The summed E-state index contributed by atoms with van der Waals surface area (Å²) >= 11 is 0. The number of hydrogen-bond donors (Lipinski definition) is 2. The Morgan fingerprint density at radius 2 is 2.13 bits per heavy atom. The lowest BCUT2D eigenvalue weighted by Crippen LogP contribution is -2.37. The molecule has 0 fully saturated rings. The van der Waals surface area contributed by atoms with E-state index in [1.54, 1.807) is 6.92 Å². The smallest absolute Gasteiger partial charge is 0.252 e. The number of pyridine rings is 1. The predicted molar refractivity (Wildman–Crippen MR) is 54.7 cm³/mol. The third-order valence-corrected chi connectivity index (χ3v) is 1.99. The lowest BCUT2D eigenvalue weighted by Gasteiger charge is -2.09. The van der Waals surface area contributed by atoms with Crippen molar-refractivity contribution < 1.29 is 9.59 Å². The number of rotatable bonds is 3. The van der Waals surface area contributed by atoms with Crippen LogP contribution in [0.1, 0.15) is 24.2 Å². The first kappa shape index (κ1) is 11.2. The van der Waals surface area contributed by atoms with Gasteiger partial charge >= 0.3 is 0 Å². The van der Waals surface area contributed by atoms with Crippen molar-refractivity contribution in [1.29, 1.82) is 0 Å². The minimum absolute atomic E-state index is 0.131. The van der Waals surface area contributed by atoms with Crippen molar-refractivity contribution in [3.8, 4) is 0 Å². The second-order valence-electron chi connectivity index (χ2n) is 3.25. The number of carbonyl (C=O) groups is 2. The number of aromatic amines is 1. The average Bonchev–Trinajstić information content (AvgIpc) is 2.17. The van der Waals surface area contributed by atoms with Crippen LogP contribution in [-0.4, -0.2) is 22.7 Å². The molecule has 1 amide bonds. The van der Waals surface area contributed by atoms with E-state index in [9.17, 15) is 14.4 Å². The summed E-state index contributed by atoms with van der Waals surface area (Å²) in [6, 6.07) is 2.11. The second-order valence-corrected chi connectivity index (χ2v) is 3.25. The maximum Gasteiger partial charge on any atom is 0.252 e. The van der Waals surface area contributed by atoms with E-state index in [2.05, 4.69) is 10.3 Å². The van der Waals surface area contributed by atoms with E-state index >= 15 is 0 Å². The molecule has 0 aliphatic rings. The molecular weight excluding hydrogens is 196 g/mol. The van der Waals surface area contributed by atoms with Crippen LogP contribution in [0.2, 0.25) is 0 Å². The fraction of sp³-hybridized carbons (Fsp3) is 0.300. The fourth-order valence-corrected chi connectivity index (χ4v) is 0.967. The summed E-state index contributed by atoms with van der Waals surface area (Å²) in [5.41, 5.74) is -0.107. The van der Waals surface area contributed by atoms with Crippen molar-refractivity contribution in [3.05, 3.63) is 34.2 Å². The summed E-state index contributed by atoms with van der Waals surface area (Å²) in [5.74, 6) is -0.558. The van der Waals surface area contributed by atoms with Crippen LogP contribution in [0.15, 0.2) is 23.1 Å². The molecule has 5 nitrogen and oxygen atoms in total. The maximum atomic E-state index is 11.5. The average molecular weight is 208 g/mol. The first-order chi connectivity index (χ1) is 7.00. The van der Waals surface area contributed by atoms with Crippen LogP contribution in [0.5, 0.6) is 0 Å². The minimum atomic E-state index is -0.545.